The molecule has 0 unspecified atom stereocenters. The molecule has 0 atom stereocenters. The molecule has 4 aromatic rings. The van der Waals surface area contributed by atoms with Gasteiger partial charge in [-0.05, 0) is 39.0 Å². The number of carbonyl (C=O) groups excluding carboxylic acids is 1. The second kappa shape index (κ2) is 6.77. The van der Waals surface area contributed by atoms with Crippen LogP contribution in [0.5, 0.6) is 0 Å². The number of benzene rings is 2. The van der Waals surface area contributed by atoms with Crippen molar-refractivity contribution in [2.75, 3.05) is 0 Å². The first-order valence-electron chi connectivity index (χ1n) is 9.46. The van der Waals surface area contributed by atoms with E-state index in [1.165, 1.54) is 0 Å². The van der Waals surface area contributed by atoms with Crippen molar-refractivity contribution in [2.45, 2.75) is 26.8 Å². The summed E-state index contributed by atoms with van der Waals surface area (Å²) in [6, 6.07) is 13.7. The second-order valence-electron chi connectivity index (χ2n) is 7.55. The van der Waals surface area contributed by atoms with Crippen molar-refractivity contribution >= 4 is 16.9 Å². The summed E-state index contributed by atoms with van der Waals surface area (Å²) < 4.78 is 3.40. The number of primary amides is 1. The number of rotatable bonds is 4. The van der Waals surface area contributed by atoms with Gasteiger partial charge in [-0.25, -0.2) is 9.78 Å². The van der Waals surface area contributed by atoms with E-state index in [9.17, 15) is 9.59 Å². The number of fused-ring (bicyclic) bond motifs is 1. The minimum Gasteiger partial charge on any atom is -0.363 e. The summed E-state index contributed by atoms with van der Waals surface area (Å²) in [4.78, 5) is 31.9. The molecule has 7 nitrogen and oxygen atoms in total. The summed E-state index contributed by atoms with van der Waals surface area (Å²) in [5, 5.41) is 0. The van der Waals surface area contributed by atoms with Gasteiger partial charge in [0.25, 0.3) is 5.91 Å². The first kappa shape index (κ1) is 18.7. The molecule has 2 aromatic heterocycles. The van der Waals surface area contributed by atoms with Crippen molar-refractivity contribution in [2.24, 2.45) is 12.8 Å². The van der Waals surface area contributed by atoms with Crippen LogP contribution in [-0.4, -0.2) is 25.0 Å². The number of amides is 1. The van der Waals surface area contributed by atoms with Crippen molar-refractivity contribution in [3.63, 3.8) is 0 Å². The smallest absolute Gasteiger partial charge is 0.329 e. The fourth-order valence-electron chi connectivity index (χ4n) is 3.72. The van der Waals surface area contributed by atoms with Crippen LogP contribution in [0.15, 0.2) is 47.3 Å². The summed E-state index contributed by atoms with van der Waals surface area (Å²) in [6.07, 6.45) is 0. The van der Waals surface area contributed by atoms with E-state index in [4.69, 9.17) is 5.73 Å². The summed E-state index contributed by atoms with van der Waals surface area (Å²) in [5.41, 5.74) is 11.2. The highest BCUT2D eigenvalue weighted by molar-refractivity contribution is 5.93. The minimum atomic E-state index is -0.621. The lowest BCUT2D eigenvalue weighted by Gasteiger charge is -2.08. The topological polar surface area (TPSA) is 98.7 Å². The highest BCUT2D eigenvalue weighted by Crippen LogP contribution is 2.32. The average molecular weight is 389 g/mol. The maximum atomic E-state index is 12.6. The first-order valence-corrected chi connectivity index (χ1v) is 9.46. The van der Waals surface area contributed by atoms with Crippen LogP contribution in [0.1, 0.15) is 36.1 Å². The zero-order valence-electron chi connectivity index (χ0n) is 16.9. The molecule has 0 spiro atoms. The monoisotopic (exact) mass is 389 g/mol. The Balaban J connectivity index is 1.97. The van der Waals surface area contributed by atoms with Gasteiger partial charge in [-0.15, -0.1) is 0 Å². The number of nitrogens with two attached hydrogens (primary N) is 1. The number of hydrogen-bond acceptors (Lipinski definition) is 3. The number of imidazole rings is 2. The van der Waals surface area contributed by atoms with Gasteiger partial charge in [-0.3, -0.25) is 13.9 Å². The third-order valence-corrected chi connectivity index (χ3v) is 5.12. The van der Waals surface area contributed by atoms with Gasteiger partial charge in [0, 0.05) is 24.2 Å². The zero-order valence-corrected chi connectivity index (χ0v) is 16.9. The highest BCUT2D eigenvalue weighted by Gasteiger charge is 2.19. The van der Waals surface area contributed by atoms with E-state index in [1.807, 2.05) is 63.2 Å². The van der Waals surface area contributed by atoms with E-state index in [-0.39, 0.29) is 17.6 Å². The number of aromatic nitrogens is 4. The highest BCUT2D eigenvalue weighted by atomic mass is 16.2. The first-order chi connectivity index (χ1) is 13.8. The quantitative estimate of drug-likeness (QED) is 0.560. The Morgan fingerprint density at radius 3 is 2.52 bits per heavy atom. The number of hydrogen-bond donors (Lipinski definition) is 2. The van der Waals surface area contributed by atoms with Crippen molar-refractivity contribution in [3.8, 4) is 22.5 Å². The second-order valence-corrected chi connectivity index (χ2v) is 7.55. The molecule has 0 aliphatic rings. The van der Waals surface area contributed by atoms with Crippen LogP contribution in [0.3, 0.4) is 0 Å². The Morgan fingerprint density at radius 1 is 1.10 bits per heavy atom. The molecule has 3 N–H and O–H groups in total. The van der Waals surface area contributed by atoms with Gasteiger partial charge < -0.3 is 10.7 Å². The van der Waals surface area contributed by atoms with Gasteiger partial charge in [0.15, 0.2) is 5.82 Å². The Morgan fingerprint density at radius 2 is 1.86 bits per heavy atom. The zero-order chi connectivity index (χ0) is 20.9. The molecule has 0 saturated heterocycles. The van der Waals surface area contributed by atoms with Gasteiger partial charge in [0.05, 0.1) is 22.4 Å². The fraction of sp³-hybridized carbons (Fsp3) is 0.227. The van der Waals surface area contributed by atoms with Crippen molar-refractivity contribution < 1.29 is 4.79 Å². The lowest BCUT2D eigenvalue weighted by molar-refractivity contribution is 0.0991. The summed E-state index contributed by atoms with van der Waals surface area (Å²) in [7, 11) is 1.76. The molecular weight excluding hydrogens is 366 g/mol. The van der Waals surface area contributed by atoms with Crippen LogP contribution in [0.2, 0.25) is 0 Å². The lowest BCUT2D eigenvalue weighted by atomic mass is 10.0. The van der Waals surface area contributed by atoms with Crippen molar-refractivity contribution in [3.05, 3.63) is 64.3 Å². The fourth-order valence-corrected chi connectivity index (χ4v) is 3.72. The van der Waals surface area contributed by atoms with Gasteiger partial charge in [0.1, 0.15) is 0 Å². The third-order valence-electron chi connectivity index (χ3n) is 5.12. The molecular formula is C22H23N5O2. The Bertz CT molecular complexity index is 1310. The standard InChI is InChI=1S/C22H23N5O2/c1-12(2)27-16-9-8-15(11-17(16)26(4)22(27)29)19-18(24-21(25-19)20(23)28)14-7-5-6-13(3)10-14/h5-12H,1-4H3,(H2,23,28)(H,24,25). The number of aryl methyl sites for hydroxylation is 2. The molecule has 1 amide bonds. The number of carbonyl (C=O) groups is 1. The number of nitrogens with one attached hydrogen (secondary N) is 1. The van der Waals surface area contributed by atoms with Gasteiger partial charge in [-0.2, -0.15) is 0 Å². The number of nitrogens with zero attached hydrogens (tertiary/aromatic N) is 3. The molecule has 0 fully saturated rings. The SMILES string of the molecule is Cc1cccc(-c2nc(C(N)=O)[nH]c2-c2ccc3c(c2)n(C)c(=O)n3C(C)C)c1. The Hall–Kier alpha value is -3.61. The molecule has 2 heterocycles. The molecule has 0 saturated carbocycles. The van der Waals surface area contributed by atoms with E-state index >= 15 is 0 Å². The van der Waals surface area contributed by atoms with E-state index < -0.39 is 5.91 Å². The maximum absolute atomic E-state index is 12.6. The molecule has 0 aliphatic heterocycles. The lowest BCUT2D eigenvalue weighted by Crippen LogP contribution is -2.23. The largest absolute Gasteiger partial charge is 0.363 e. The van der Waals surface area contributed by atoms with E-state index in [0.717, 1.165) is 27.7 Å². The molecule has 4 rings (SSSR count). The van der Waals surface area contributed by atoms with Crippen LogP contribution in [-0.2, 0) is 7.05 Å². The van der Waals surface area contributed by atoms with Crippen molar-refractivity contribution in [1.29, 1.82) is 0 Å². The van der Waals surface area contributed by atoms with Crippen LogP contribution in [0.4, 0.5) is 0 Å². The van der Waals surface area contributed by atoms with E-state index in [1.54, 1.807) is 16.2 Å². The van der Waals surface area contributed by atoms with Gasteiger partial charge >= 0.3 is 5.69 Å². The third kappa shape index (κ3) is 3.04. The summed E-state index contributed by atoms with van der Waals surface area (Å²) in [6.45, 7) is 5.97. The minimum absolute atomic E-state index is 0.0496. The molecule has 0 bridgehead atoms. The van der Waals surface area contributed by atoms with Crippen LogP contribution < -0.4 is 11.4 Å². The van der Waals surface area contributed by atoms with Crippen LogP contribution in [0.25, 0.3) is 33.5 Å². The molecule has 7 heteroatoms. The molecule has 2 aromatic carbocycles. The predicted molar refractivity (Wildman–Crippen MR) is 114 cm³/mol. The van der Waals surface area contributed by atoms with Gasteiger partial charge in [0.2, 0.25) is 0 Å². The normalized spacial score (nSPS) is 11.5. The summed E-state index contributed by atoms with van der Waals surface area (Å²) >= 11 is 0. The summed E-state index contributed by atoms with van der Waals surface area (Å²) in [5.74, 6) is -0.519. The van der Waals surface area contributed by atoms with Crippen molar-refractivity contribution in [1.82, 2.24) is 19.1 Å². The van der Waals surface area contributed by atoms with Crippen LogP contribution >= 0.6 is 0 Å². The molecule has 148 valence electrons. The van der Waals surface area contributed by atoms with E-state index in [2.05, 4.69) is 9.97 Å². The Labute approximate surface area is 167 Å². The van der Waals surface area contributed by atoms with Gasteiger partial charge in [-0.1, -0.05) is 29.8 Å². The molecule has 0 radical (unpaired) electrons. The number of H-pyrrole nitrogens is 1. The number of aromatic amines is 1. The average Bonchev–Trinajstić information content (AvgIpc) is 3.22. The predicted octanol–water partition coefficient (Wildman–Crippen LogP) is 3.39. The molecule has 0 aliphatic carbocycles. The maximum Gasteiger partial charge on any atom is 0.329 e. The van der Waals surface area contributed by atoms with E-state index in [0.29, 0.717) is 11.4 Å². The molecule has 29 heavy (non-hydrogen) atoms. The Kier molecular flexibility index (Phi) is 4.38. The van der Waals surface area contributed by atoms with Crippen LogP contribution in [0, 0.1) is 6.92 Å².